The van der Waals surface area contributed by atoms with E-state index in [0.717, 1.165) is 0 Å². The molecule has 2 aliphatic heterocycles. The molecule has 0 aromatic carbocycles. The van der Waals surface area contributed by atoms with Crippen molar-refractivity contribution in [3.8, 4) is 0 Å². The van der Waals surface area contributed by atoms with Gasteiger partial charge in [-0.25, -0.2) is 4.79 Å². The molecule has 2 aliphatic carbocycles. The standard InChI is InChI=1S/C21H28O7/c1-20-9-15(11-4-5-27-10-11)28-19(25)13(20)8-17(23)21(2)14(18(24)26-3)6-12(22)7-16(20)21/h4-6,11-13,15-17,22-23H,7-10H2,1-3H3. The number of ether oxygens (including phenoxy) is 3. The van der Waals surface area contributed by atoms with Gasteiger partial charge in [-0.3, -0.25) is 4.79 Å². The molecule has 7 nitrogen and oxygen atoms in total. The van der Waals surface area contributed by atoms with Crippen molar-refractivity contribution in [1.82, 2.24) is 0 Å². The highest BCUT2D eigenvalue weighted by Gasteiger charge is 2.65. The summed E-state index contributed by atoms with van der Waals surface area (Å²) in [4.78, 5) is 25.4. The van der Waals surface area contributed by atoms with Gasteiger partial charge in [-0.15, -0.1) is 0 Å². The molecule has 8 unspecified atom stereocenters. The van der Waals surface area contributed by atoms with E-state index in [9.17, 15) is 19.8 Å². The van der Waals surface area contributed by atoms with Gasteiger partial charge < -0.3 is 24.4 Å². The number of hydrogen-bond donors (Lipinski definition) is 2. The predicted molar refractivity (Wildman–Crippen MR) is 97.6 cm³/mol. The van der Waals surface area contributed by atoms with E-state index in [1.54, 1.807) is 6.26 Å². The molecule has 0 bridgehead atoms. The monoisotopic (exact) mass is 392 g/mol. The van der Waals surface area contributed by atoms with Crippen LogP contribution in [0.25, 0.3) is 0 Å². The normalized spacial score (nSPS) is 47.3. The highest BCUT2D eigenvalue weighted by atomic mass is 16.6. The molecule has 1 saturated heterocycles. The maximum Gasteiger partial charge on any atom is 0.334 e. The molecule has 0 amide bonds. The van der Waals surface area contributed by atoms with Crippen LogP contribution in [0, 0.1) is 28.6 Å². The average Bonchev–Trinajstić information content (AvgIpc) is 3.19. The highest BCUT2D eigenvalue weighted by Crippen LogP contribution is 2.64. The summed E-state index contributed by atoms with van der Waals surface area (Å²) in [5.74, 6) is -1.63. The summed E-state index contributed by atoms with van der Waals surface area (Å²) in [5.41, 5.74) is -1.13. The Morgan fingerprint density at radius 2 is 2.04 bits per heavy atom. The molecule has 154 valence electrons. The minimum Gasteiger partial charge on any atom is -0.501 e. The van der Waals surface area contributed by atoms with E-state index < -0.39 is 34.9 Å². The van der Waals surface area contributed by atoms with Crippen LogP contribution in [0.5, 0.6) is 0 Å². The van der Waals surface area contributed by atoms with E-state index >= 15 is 0 Å². The van der Waals surface area contributed by atoms with Gasteiger partial charge in [0.15, 0.2) is 0 Å². The van der Waals surface area contributed by atoms with Gasteiger partial charge in [-0.2, -0.15) is 0 Å². The zero-order valence-electron chi connectivity index (χ0n) is 16.5. The van der Waals surface area contributed by atoms with Gasteiger partial charge in [-0.05, 0) is 42.7 Å². The molecule has 28 heavy (non-hydrogen) atoms. The third-order valence-corrected chi connectivity index (χ3v) is 7.67. The fraction of sp³-hybridized carbons (Fsp3) is 0.714. The third-order valence-electron chi connectivity index (χ3n) is 7.67. The van der Waals surface area contributed by atoms with Gasteiger partial charge in [0.25, 0.3) is 0 Å². The molecule has 2 fully saturated rings. The summed E-state index contributed by atoms with van der Waals surface area (Å²) < 4.78 is 16.0. The van der Waals surface area contributed by atoms with Gasteiger partial charge in [-0.1, -0.05) is 13.8 Å². The average molecular weight is 392 g/mol. The van der Waals surface area contributed by atoms with Crippen LogP contribution < -0.4 is 0 Å². The van der Waals surface area contributed by atoms with E-state index in [1.165, 1.54) is 13.2 Å². The number of aliphatic hydroxyl groups excluding tert-OH is 2. The number of carbonyl (C=O) groups excluding carboxylic acids is 2. The minimum atomic E-state index is -0.910. The molecule has 8 atom stereocenters. The second-order valence-electron chi connectivity index (χ2n) is 9.03. The van der Waals surface area contributed by atoms with E-state index in [0.29, 0.717) is 25.0 Å². The van der Waals surface area contributed by atoms with Crippen molar-refractivity contribution >= 4 is 11.9 Å². The number of carbonyl (C=O) groups is 2. The minimum absolute atomic E-state index is 0.0102. The van der Waals surface area contributed by atoms with Crippen molar-refractivity contribution in [2.24, 2.45) is 28.6 Å². The van der Waals surface area contributed by atoms with Crippen LogP contribution >= 0.6 is 0 Å². The smallest absolute Gasteiger partial charge is 0.334 e. The van der Waals surface area contributed by atoms with Crippen molar-refractivity contribution in [1.29, 1.82) is 0 Å². The van der Waals surface area contributed by atoms with Crippen LogP contribution in [0.4, 0.5) is 0 Å². The van der Waals surface area contributed by atoms with Crippen LogP contribution in [-0.2, 0) is 23.8 Å². The number of methoxy groups -OCH3 is 1. The molecule has 0 spiro atoms. The molecular weight excluding hydrogens is 364 g/mol. The maximum absolute atomic E-state index is 12.9. The first kappa shape index (κ1) is 19.5. The second-order valence-corrected chi connectivity index (χ2v) is 9.03. The van der Waals surface area contributed by atoms with Crippen LogP contribution in [-0.4, -0.2) is 54.2 Å². The Bertz CT molecular complexity index is 743. The first-order valence-corrected chi connectivity index (χ1v) is 9.87. The lowest BCUT2D eigenvalue weighted by molar-refractivity contribution is -0.211. The largest absolute Gasteiger partial charge is 0.501 e. The quantitative estimate of drug-likeness (QED) is 0.684. The lowest BCUT2D eigenvalue weighted by atomic mass is 9.44. The van der Waals surface area contributed by atoms with Crippen molar-refractivity contribution in [3.05, 3.63) is 24.0 Å². The summed E-state index contributed by atoms with van der Waals surface area (Å²) in [6.07, 6.45) is 4.16. The Morgan fingerprint density at radius 3 is 2.68 bits per heavy atom. The fourth-order valence-electron chi connectivity index (χ4n) is 6.06. The number of rotatable bonds is 2. The van der Waals surface area contributed by atoms with Crippen molar-refractivity contribution in [3.63, 3.8) is 0 Å². The molecule has 0 aromatic rings. The molecule has 4 aliphatic rings. The number of fused-ring (bicyclic) bond motifs is 3. The highest BCUT2D eigenvalue weighted by molar-refractivity contribution is 5.90. The maximum atomic E-state index is 12.9. The van der Waals surface area contributed by atoms with E-state index in [1.807, 2.05) is 19.9 Å². The Hall–Kier alpha value is -1.86. The SMILES string of the molecule is COC(=O)C1=CC(O)CC2C3(C)CC(C4C=COC4)OC(=O)C3CC(O)C12C. The topological polar surface area (TPSA) is 102 Å². The molecule has 0 aromatic heterocycles. The van der Waals surface area contributed by atoms with Crippen LogP contribution in [0.2, 0.25) is 0 Å². The predicted octanol–water partition coefficient (Wildman–Crippen LogP) is 1.34. The van der Waals surface area contributed by atoms with Crippen molar-refractivity contribution in [2.45, 2.75) is 51.4 Å². The van der Waals surface area contributed by atoms with Gasteiger partial charge >= 0.3 is 11.9 Å². The Kier molecular flexibility index (Phi) is 4.58. The molecular formula is C21H28O7. The zero-order chi connectivity index (χ0) is 20.3. The number of cyclic esters (lactones) is 1. The lowest BCUT2D eigenvalue weighted by Gasteiger charge is -2.61. The summed E-state index contributed by atoms with van der Waals surface area (Å²) in [7, 11) is 1.29. The fourth-order valence-corrected chi connectivity index (χ4v) is 6.06. The van der Waals surface area contributed by atoms with E-state index in [-0.39, 0.29) is 30.3 Å². The lowest BCUT2D eigenvalue weighted by Crippen LogP contribution is -2.64. The Labute approximate surface area is 164 Å². The summed E-state index contributed by atoms with van der Waals surface area (Å²) in [5, 5.41) is 21.5. The Morgan fingerprint density at radius 1 is 1.29 bits per heavy atom. The van der Waals surface area contributed by atoms with Gasteiger partial charge in [0, 0.05) is 11.0 Å². The molecule has 1 saturated carbocycles. The molecule has 4 rings (SSSR count). The first-order chi connectivity index (χ1) is 13.2. The van der Waals surface area contributed by atoms with Gasteiger partial charge in [0.2, 0.25) is 0 Å². The summed E-state index contributed by atoms with van der Waals surface area (Å²) in [6.45, 7) is 4.36. The van der Waals surface area contributed by atoms with Crippen LogP contribution in [0.15, 0.2) is 24.0 Å². The van der Waals surface area contributed by atoms with Crippen molar-refractivity contribution in [2.75, 3.05) is 13.7 Å². The van der Waals surface area contributed by atoms with Crippen LogP contribution in [0.1, 0.15) is 33.1 Å². The molecule has 2 N–H and O–H groups in total. The van der Waals surface area contributed by atoms with E-state index in [2.05, 4.69) is 0 Å². The van der Waals surface area contributed by atoms with Crippen LogP contribution in [0.3, 0.4) is 0 Å². The Balaban J connectivity index is 1.76. The zero-order valence-corrected chi connectivity index (χ0v) is 16.5. The number of aliphatic hydroxyl groups is 2. The molecule has 2 heterocycles. The second kappa shape index (κ2) is 6.59. The van der Waals surface area contributed by atoms with Gasteiger partial charge in [0.1, 0.15) is 6.10 Å². The third kappa shape index (κ3) is 2.63. The number of esters is 2. The molecule has 7 heteroatoms. The van der Waals surface area contributed by atoms with Gasteiger partial charge in [0.05, 0.1) is 44.0 Å². The first-order valence-electron chi connectivity index (χ1n) is 9.87. The summed E-state index contributed by atoms with van der Waals surface area (Å²) in [6, 6.07) is 0. The number of hydrogen-bond acceptors (Lipinski definition) is 7. The van der Waals surface area contributed by atoms with E-state index in [4.69, 9.17) is 14.2 Å². The van der Waals surface area contributed by atoms with Crippen molar-refractivity contribution < 1.29 is 34.0 Å². The summed E-state index contributed by atoms with van der Waals surface area (Å²) >= 11 is 0. The molecule has 0 radical (unpaired) electrons.